The van der Waals surface area contributed by atoms with Crippen LogP contribution in [0.25, 0.3) is 0 Å². The lowest BCUT2D eigenvalue weighted by Gasteiger charge is -2.38. The van der Waals surface area contributed by atoms with E-state index in [-0.39, 0.29) is 17.5 Å². The molecule has 94 valence electrons. The van der Waals surface area contributed by atoms with Crippen molar-refractivity contribution in [1.29, 1.82) is 0 Å². The maximum atomic E-state index is 13.9. The standard InChI is InChI=1S/C14H20FNO/c1-5-16-11-8-14(3,4)17-13-10(15)7-6-9(2)12(11)13/h6-7,11,16H,5,8H2,1-4H3. The van der Waals surface area contributed by atoms with Crippen molar-refractivity contribution in [3.8, 4) is 5.75 Å². The van der Waals surface area contributed by atoms with Crippen LogP contribution in [-0.4, -0.2) is 12.1 Å². The van der Waals surface area contributed by atoms with E-state index < -0.39 is 0 Å². The molecule has 0 spiro atoms. The highest BCUT2D eigenvalue weighted by Crippen LogP contribution is 2.42. The smallest absolute Gasteiger partial charge is 0.165 e. The second kappa shape index (κ2) is 4.30. The van der Waals surface area contributed by atoms with E-state index in [1.165, 1.54) is 6.07 Å². The molecule has 0 bridgehead atoms. The van der Waals surface area contributed by atoms with Gasteiger partial charge in [0.15, 0.2) is 11.6 Å². The van der Waals surface area contributed by atoms with E-state index in [4.69, 9.17) is 4.74 Å². The minimum Gasteiger partial charge on any atom is -0.484 e. The maximum Gasteiger partial charge on any atom is 0.165 e. The average molecular weight is 237 g/mol. The van der Waals surface area contributed by atoms with Crippen LogP contribution in [0.4, 0.5) is 4.39 Å². The average Bonchev–Trinajstić information content (AvgIpc) is 2.22. The Morgan fingerprint density at radius 1 is 1.47 bits per heavy atom. The zero-order chi connectivity index (χ0) is 12.6. The highest BCUT2D eigenvalue weighted by molar-refractivity contribution is 5.45. The molecule has 1 aromatic carbocycles. The van der Waals surface area contributed by atoms with Gasteiger partial charge in [0.2, 0.25) is 0 Å². The Bertz CT molecular complexity index is 428. The molecule has 3 heteroatoms. The molecule has 0 aliphatic carbocycles. The first-order valence-electron chi connectivity index (χ1n) is 6.16. The van der Waals surface area contributed by atoms with Crippen LogP contribution in [0.3, 0.4) is 0 Å². The van der Waals surface area contributed by atoms with Crippen molar-refractivity contribution in [3.63, 3.8) is 0 Å². The number of fused-ring (bicyclic) bond motifs is 1. The first kappa shape index (κ1) is 12.4. The first-order chi connectivity index (χ1) is 7.94. The summed E-state index contributed by atoms with van der Waals surface area (Å²) in [5, 5.41) is 3.42. The minimum absolute atomic E-state index is 0.175. The molecule has 1 N–H and O–H groups in total. The molecule has 17 heavy (non-hydrogen) atoms. The van der Waals surface area contributed by atoms with Crippen LogP contribution in [0, 0.1) is 12.7 Å². The molecular formula is C14H20FNO. The van der Waals surface area contributed by atoms with Gasteiger partial charge in [0.25, 0.3) is 0 Å². The third-order valence-corrected chi connectivity index (χ3v) is 3.24. The Morgan fingerprint density at radius 2 is 2.18 bits per heavy atom. The molecule has 0 fully saturated rings. The zero-order valence-corrected chi connectivity index (χ0v) is 10.9. The topological polar surface area (TPSA) is 21.3 Å². The SMILES string of the molecule is CCNC1CC(C)(C)Oc2c(F)ccc(C)c21. The van der Waals surface area contributed by atoms with E-state index >= 15 is 0 Å². The number of aryl methyl sites for hydroxylation is 1. The summed E-state index contributed by atoms with van der Waals surface area (Å²) in [5.74, 6) is 0.161. The normalized spacial score (nSPS) is 21.8. The van der Waals surface area contributed by atoms with Gasteiger partial charge >= 0.3 is 0 Å². The van der Waals surface area contributed by atoms with Crippen molar-refractivity contribution >= 4 is 0 Å². The number of halogens is 1. The van der Waals surface area contributed by atoms with Crippen LogP contribution in [0.15, 0.2) is 12.1 Å². The summed E-state index contributed by atoms with van der Waals surface area (Å²) in [6.45, 7) is 8.95. The monoisotopic (exact) mass is 237 g/mol. The Hall–Kier alpha value is -1.09. The van der Waals surface area contributed by atoms with E-state index in [0.717, 1.165) is 24.1 Å². The molecule has 1 aliphatic rings. The predicted molar refractivity (Wildman–Crippen MR) is 66.9 cm³/mol. The van der Waals surface area contributed by atoms with Crippen molar-refractivity contribution in [1.82, 2.24) is 5.32 Å². The van der Waals surface area contributed by atoms with Gasteiger partial charge in [0, 0.05) is 18.0 Å². The third-order valence-electron chi connectivity index (χ3n) is 3.24. The van der Waals surface area contributed by atoms with Crippen molar-refractivity contribution in [2.24, 2.45) is 0 Å². The minimum atomic E-state index is -0.325. The summed E-state index contributed by atoms with van der Waals surface area (Å²) in [4.78, 5) is 0. The molecule has 0 radical (unpaired) electrons. The molecule has 1 unspecified atom stereocenters. The van der Waals surface area contributed by atoms with Gasteiger partial charge in [-0.05, 0) is 38.9 Å². The lowest BCUT2D eigenvalue weighted by molar-refractivity contribution is 0.0609. The van der Waals surface area contributed by atoms with Gasteiger partial charge in [0.05, 0.1) is 0 Å². The number of hydrogen-bond acceptors (Lipinski definition) is 2. The number of hydrogen-bond donors (Lipinski definition) is 1. The van der Waals surface area contributed by atoms with Crippen LogP contribution in [0.2, 0.25) is 0 Å². The number of nitrogens with one attached hydrogen (secondary N) is 1. The van der Waals surface area contributed by atoms with Gasteiger partial charge in [-0.15, -0.1) is 0 Å². The second-order valence-corrected chi connectivity index (χ2v) is 5.28. The first-order valence-corrected chi connectivity index (χ1v) is 6.16. The maximum absolute atomic E-state index is 13.9. The Labute approximate surface area is 102 Å². The van der Waals surface area contributed by atoms with Crippen molar-refractivity contribution in [2.75, 3.05) is 6.54 Å². The molecule has 0 saturated carbocycles. The fourth-order valence-electron chi connectivity index (χ4n) is 2.54. The molecule has 0 saturated heterocycles. The van der Waals surface area contributed by atoms with Gasteiger partial charge < -0.3 is 10.1 Å². The van der Waals surface area contributed by atoms with E-state index in [2.05, 4.69) is 12.2 Å². The van der Waals surface area contributed by atoms with Gasteiger partial charge in [-0.3, -0.25) is 0 Å². The number of ether oxygens (including phenoxy) is 1. The zero-order valence-electron chi connectivity index (χ0n) is 10.9. The Balaban J connectivity index is 2.52. The van der Waals surface area contributed by atoms with Crippen molar-refractivity contribution in [2.45, 2.75) is 45.8 Å². The molecule has 2 rings (SSSR count). The van der Waals surface area contributed by atoms with Crippen LogP contribution in [0.1, 0.15) is 44.4 Å². The Kier molecular flexibility index (Phi) is 3.13. The van der Waals surface area contributed by atoms with E-state index in [1.54, 1.807) is 0 Å². The van der Waals surface area contributed by atoms with Crippen LogP contribution in [-0.2, 0) is 0 Å². The van der Waals surface area contributed by atoms with Gasteiger partial charge in [-0.25, -0.2) is 4.39 Å². The second-order valence-electron chi connectivity index (χ2n) is 5.28. The molecular weight excluding hydrogens is 217 g/mol. The third kappa shape index (κ3) is 2.29. The van der Waals surface area contributed by atoms with E-state index in [1.807, 2.05) is 26.8 Å². The van der Waals surface area contributed by atoms with Crippen LogP contribution in [0.5, 0.6) is 5.75 Å². The van der Waals surface area contributed by atoms with Crippen molar-refractivity contribution < 1.29 is 9.13 Å². The lowest BCUT2D eigenvalue weighted by Crippen LogP contribution is -2.40. The summed E-state index contributed by atoms with van der Waals surface area (Å²) >= 11 is 0. The number of benzene rings is 1. The van der Waals surface area contributed by atoms with Gasteiger partial charge in [-0.1, -0.05) is 13.0 Å². The molecule has 0 amide bonds. The molecule has 1 heterocycles. The molecule has 1 aliphatic heterocycles. The highest BCUT2D eigenvalue weighted by Gasteiger charge is 2.35. The van der Waals surface area contributed by atoms with Gasteiger partial charge in [0.1, 0.15) is 5.60 Å². The summed E-state index contributed by atoms with van der Waals surface area (Å²) in [6, 6.07) is 3.48. The van der Waals surface area contributed by atoms with E-state index in [0.29, 0.717) is 5.75 Å². The fourth-order valence-corrected chi connectivity index (χ4v) is 2.54. The van der Waals surface area contributed by atoms with E-state index in [9.17, 15) is 4.39 Å². The number of rotatable bonds is 2. The van der Waals surface area contributed by atoms with Crippen molar-refractivity contribution in [3.05, 3.63) is 29.1 Å². The summed E-state index contributed by atoms with van der Waals surface area (Å²) in [6.07, 6.45) is 0.859. The quantitative estimate of drug-likeness (QED) is 0.851. The van der Waals surface area contributed by atoms with Gasteiger partial charge in [-0.2, -0.15) is 0 Å². The van der Waals surface area contributed by atoms with Crippen LogP contribution < -0.4 is 10.1 Å². The molecule has 0 aromatic heterocycles. The van der Waals surface area contributed by atoms with Crippen LogP contribution >= 0.6 is 0 Å². The molecule has 2 nitrogen and oxygen atoms in total. The predicted octanol–water partition coefficient (Wildman–Crippen LogP) is 3.35. The highest BCUT2D eigenvalue weighted by atomic mass is 19.1. The summed E-state index contributed by atoms with van der Waals surface area (Å²) in [5.41, 5.74) is 1.74. The summed E-state index contributed by atoms with van der Waals surface area (Å²) < 4.78 is 19.6. The fraction of sp³-hybridized carbons (Fsp3) is 0.571. The molecule has 1 aromatic rings. The summed E-state index contributed by atoms with van der Waals surface area (Å²) in [7, 11) is 0. The largest absolute Gasteiger partial charge is 0.484 e. The lowest BCUT2D eigenvalue weighted by atomic mass is 9.87. The Morgan fingerprint density at radius 3 is 2.82 bits per heavy atom. The molecule has 1 atom stereocenters.